The van der Waals surface area contributed by atoms with Gasteiger partial charge in [-0.25, -0.2) is 18.4 Å². The maximum absolute atomic E-state index is 12.9. The Kier molecular flexibility index (Phi) is 4.70. The second-order valence-electron chi connectivity index (χ2n) is 6.91. The summed E-state index contributed by atoms with van der Waals surface area (Å²) < 4.78 is 34.4. The highest BCUT2D eigenvalue weighted by atomic mass is 32.2. The summed E-state index contributed by atoms with van der Waals surface area (Å²) in [6.07, 6.45) is 7.22. The first-order valence-electron chi connectivity index (χ1n) is 8.61. The number of hydrogen-bond acceptors (Lipinski definition) is 6. The van der Waals surface area contributed by atoms with E-state index in [0.717, 1.165) is 18.0 Å². The van der Waals surface area contributed by atoms with Crippen molar-refractivity contribution in [2.75, 3.05) is 20.2 Å². The standard InChI is InChI=1S/C17H22N4O3S2/c1-20-6-5-18-17(20)25-14-7-12-10-21(11-13(12)8-14)26(22,23)15-3-4-16(24-2)19-9-15/h3-6,9,12-14H,7-8,10-11H2,1-2H3/t12-,13-/m1/s1. The zero-order valence-corrected chi connectivity index (χ0v) is 16.4. The number of hydrogen-bond donors (Lipinski definition) is 0. The molecule has 0 N–H and O–H groups in total. The third-order valence-corrected chi connectivity index (χ3v) is 8.42. The predicted molar refractivity (Wildman–Crippen MR) is 98.6 cm³/mol. The lowest BCUT2D eigenvalue weighted by molar-refractivity contribution is 0.396. The quantitative estimate of drug-likeness (QED) is 0.772. The Morgan fingerprint density at radius 3 is 2.46 bits per heavy atom. The molecule has 1 aliphatic carbocycles. The van der Waals surface area contributed by atoms with Gasteiger partial charge in [0.05, 0.1) is 13.3 Å². The van der Waals surface area contributed by atoms with E-state index in [1.54, 1.807) is 16.4 Å². The smallest absolute Gasteiger partial charge is 0.244 e. The van der Waals surface area contributed by atoms with Crippen LogP contribution in [-0.2, 0) is 17.1 Å². The maximum atomic E-state index is 12.9. The molecule has 2 aliphatic rings. The minimum absolute atomic E-state index is 0.234. The van der Waals surface area contributed by atoms with Gasteiger partial charge in [0.2, 0.25) is 15.9 Å². The minimum Gasteiger partial charge on any atom is -0.481 e. The van der Waals surface area contributed by atoms with Crippen LogP contribution in [0.3, 0.4) is 0 Å². The summed E-state index contributed by atoms with van der Waals surface area (Å²) >= 11 is 1.81. The van der Waals surface area contributed by atoms with Crippen LogP contribution >= 0.6 is 11.8 Å². The van der Waals surface area contributed by atoms with E-state index in [1.165, 1.54) is 13.3 Å². The molecule has 0 aromatic carbocycles. The SMILES string of the molecule is COc1ccc(S(=O)(=O)N2C[C@H]3CC(Sc4nccn4C)C[C@@H]3C2)cn1. The molecule has 2 atom stereocenters. The molecule has 3 heterocycles. The van der Waals surface area contributed by atoms with Crippen LogP contribution in [0, 0.1) is 11.8 Å². The predicted octanol–water partition coefficient (Wildman–Crippen LogP) is 2.02. The highest BCUT2D eigenvalue weighted by Gasteiger charge is 2.45. The summed E-state index contributed by atoms with van der Waals surface area (Å²) in [5.41, 5.74) is 0. The zero-order chi connectivity index (χ0) is 18.3. The molecular formula is C17H22N4O3S2. The molecule has 1 saturated carbocycles. The Labute approximate surface area is 157 Å². The molecule has 7 nitrogen and oxygen atoms in total. The number of aryl methyl sites for hydroxylation is 1. The van der Waals surface area contributed by atoms with E-state index in [2.05, 4.69) is 9.97 Å². The van der Waals surface area contributed by atoms with Gasteiger partial charge in [0.1, 0.15) is 4.90 Å². The van der Waals surface area contributed by atoms with Crippen LogP contribution in [-0.4, -0.2) is 52.7 Å². The largest absolute Gasteiger partial charge is 0.481 e. The van der Waals surface area contributed by atoms with Crippen LogP contribution in [0.2, 0.25) is 0 Å². The lowest BCUT2D eigenvalue weighted by atomic mass is 10.0. The van der Waals surface area contributed by atoms with Crippen molar-refractivity contribution in [1.82, 2.24) is 18.8 Å². The summed E-state index contributed by atoms with van der Waals surface area (Å²) in [5, 5.41) is 1.54. The van der Waals surface area contributed by atoms with E-state index in [9.17, 15) is 8.42 Å². The molecule has 0 radical (unpaired) electrons. The van der Waals surface area contributed by atoms with Gasteiger partial charge >= 0.3 is 0 Å². The summed E-state index contributed by atoms with van der Waals surface area (Å²) in [7, 11) is 0.0259. The Morgan fingerprint density at radius 2 is 1.92 bits per heavy atom. The molecule has 140 valence electrons. The number of pyridine rings is 1. The molecule has 0 amide bonds. The first kappa shape index (κ1) is 17.8. The van der Waals surface area contributed by atoms with Crippen molar-refractivity contribution in [3.8, 4) is 5.88 Å². The Morgan fingerprint density at radius 1 is 1.19 bits per heavy atom. The normalized spacial score (nSPS) is 24.1. The Bertz CT molecular complexity index is 868. The van der Waals surface area contributed by atoms with E-state index in [1.807, 2.05) is 35.8 Å². The average molecular weight is 395 g/mol. The van der Waals surface area contributed by atoms with Gasteiger partial charge < -0.3 is 9.30 Å². The number of rotatable bonds is 5. The molecule has 0 unspecified atom stereocenters. The number of imidazole rings is 1. The number of ether oxygens (including phenoxy) is 1. The van der Waals surface area contributed by atoms with Crippen molar-refractivity contribution in [3.63, 3.8) is 0 Å². The fourth-order valence-electron chi connectivity index (χ4n) is 3.90. The van der Waals surface area contributed by atoms with Crippen LogP contribution < -0.4 is 4.74 Å². The van der Waals surface area contributed by atoms with E-state index >= 15 is 0 Å². The van der Waals surface area contributed by atoms with E-state index in [4.69, 9.17) is 4.74 Å². The Balaban J connectivity index is 1.41. The second-order valence-corrected chi connectivity index (χ2v) is 10.1. The monoisotopic (exact) mass is 394 g/mol. The number of nitrogens with zero attached hydrogens (tertiary/aromatic N) is 4. The van der Waals surface area contributed by atoms with Gasteiger partial charge in [-0.05, 0) is 30.7 Å². The van der Waals surface area contributed by atoms with E-state index < -0.39 is 10.0 Å². The van der Waals surface area contributed by atoms with E-state index in [0.29, 0.717) is 36.1 Å². The van der Waals surface area contributed by atoms with Crippen LogP contribution in [0.15, 0.2) is 40.8 Å². The number of aromatic nitrogens is 3. The minimum atomic E-state index is -3.49. The summed E-state index contributed by atoms with van der Waals surface area (Å²) in [5.74, 6) is 1.26. The molecule has 1 aliphatic heterocycles. The first-order chi connectivity index (χ1) is 12.5. The number of sulfonamides is 1. The molecule has 9 heteroatoms. The van der Waals surface area contributed by atoms with Crippen molar-refractivity contribution < 1.29 is 13.2 Å². The fourth-order valence-corrected chi connectivity index (χ4v) is 6.73. The van der Waals surface area contributed by atoms with Crippen molar-refractivity contribution >= 4 is 21.8 Å². The van der Waals surface area contributed by atoms with Gasteiger partial charge in [-0.3, -0.25) is 0 Å². The summed E-state index contributed by atoms with van der Waals surface area (Å²) in [4.78, 5) is 8.65. The van der Waals surface area contributed by atoms with Crippen molar-refractivity contribution in [1.29, 1.82) is 0 Å². The first-order valence-corrected chi connectivity index (χ1v) is 10.9. The molecular weight excluding hydrogens is 372 g/mol. The molecule has 1 saturated heterocycles. The van der Waals surface area contributed by atoms with Gasteiger partial charge in [-0.15, -0.1) is 0 Å². The third-order valence-electron chi connectivity index (χ3n) is 5.28. The topological polar surface area (TPSA) is 77.3 Å². The molecule has 2 aromatic rings. The molecule has 2 fully saturated rings. The summed E-state index contributed by atoms with van der Waals surface area (Å²) in [6.45, 7) is 1.19. The van der Waals surface area contributed by atoms with Crippen LogP contribution in [0.25, 0.3) is 0 Å². The van der Waals surface area contributed by atoms with E-state index in [-0.39, 0.29) is 4.90 Å². The molecule has 2 aromatic heterocycles. The second kappa shape index (κ2) is 6.86. The van der Waals surface area contributed by atoms with Crippen molar-refractivity contribution in [3.05, 3.63) is 30.7 Å². The van der Waals surface area contributed by atoms with Crippen molar-refractivity contribution in [2.24, 2.45) is 18.9 Å². The summed E-state index contributed by atoms with van der Waals surface area (Å²) in [6, 6.07) is 3.15. The molecule has 0 spiro atoms. The van der Waals surface area contributed by atoms with Gasteiger partial charge in [-0.1, -0.05) is 11.8 Å². The average Bonchev–Trinajstić information content (AvgIpc) is 3.31. The number of methoxy groups -OCH3 is 1. The zero-order valence-electron chi connectivity index (χ0n) is 14.8. The van der Waals surface area contributed by atoms with Gasteiger partial charge in [0.15, 0.2) is 5.16 Å². The Hall–Kier alpha value is -1.58. The molecule has 0 bridgehead atoms. The van der Waals surface area contributed by atoms with Crippen LogP contribution in [0.4, 0.5) is 0 Å². The fraction of sp³-hybridized carbons (Fsp3) is 0.529. The van der Waals surface area contributed by atoms with Crippen LogP contribution in [0.5, 0.6) is 5.88 Å². The van der Waals surface area contributed by atoms with Crippen LogP contribution in [0.1, 0.15) is 12.8 Å². The lowest BCUT2D eigenvalue weighted by Crippen LogP contribution is -2.30. The molecule has 4 rings (SSSR count). The lowest BCUT2D eigenvalue weighted by Gasteiger charge is -2.19. The van der Waals surface area contributed by atoms with Crippen molar-refractivity contribution in [2.45, 2.75) is 28.1 Å². The molecule has 26 heavy (non-hydrogen) atoms. The van der Waals surface area contributed by atoms with Gasteiger partial charge in [0.25, 0.3) is 0 Å². The van der Waals surface area contributed by atoms with Gasteiger partial charge in [0, 0.05) is 43.8 Å². The number of thioether (sulfide) groups is 1. The maximum Gasteiger partial charge on any atom is 0.244 e. The van der Waals surface area contributed by atoms with Gasteiger partial charge in [-0.2, -0.15) is 4.31 Å². The highest BCUT2D eigenvalue weighted by molar-refractivity contribution is 7.99. The number of fused-ring (bicyclic) bond motifs is 1. The highest BCUT2D eigenvalue weighted by Crippen LogP contribution is 2.45. The third kappa shape index (κ3) is 3.23.